The molecular formula is C14H25FN4O2. The molecule has 1 fully saturated rings. The van der Waals surface area contributed by atoms with Gasteiger partial charge >= 0.3 is 6.09 Å². The van der Waals surface area contributed by atoms with Crippen LogP contribution in [-0.2, 0) is 4.74 Å². The Morgan fingerprint density at radius 2 is 1.76 bits per heavy atom. The summed E-state index contributed by atoms with van der Waals surface area (Å²) in [5, 5.41) is 7.41. The number of carbonyl (C=O) groups excluding carboxylic acids is 1. The van der Waals surface area contributed by atoms with Crippen LogP contribution in [0.1, 0.15) is 34.6 Å². The topological polar surface area (TPSA) is 57.5 Å². The monoisotopic (exact) mass is 300 g/mol. The molecule has 0 spiro atoms. The minimum Gasteiger partial charge on any atom is -0.444 e. The largest absolute Gasteiger partial charge is 0.444 e. The zero-order chi connectivity index (χ0) is 16.0. The summed E-state index contributed by atoms with van der Waals surface area (Å²) in [4.78, 5) is 15.6. The molecule has 0 N–H and O–H groups in total. The van der Waals surface area contributed by atoms with Crippen molar-refractivity contribution in [2.75, 3.05) is 26.2 Å². The summed E-state index contributed by atoms with van der Waals surface area (Å²) in [6, 6.07) is 0. The Morgan fingerprint density at radius 1 is 1.24 bits per heavy atom. The fraction of sp³-hybridized carbons (Fsp3) is 0.786. The Kier molecular flexibility index (Phi) is 6.11. The van der Waals surface area contributed by atoms with E-state index in [1.165, 1.54) is 6.92 Å². The van der Waals surface area contributed by atoms with Crippen molar-refractivity contribution in [1.82, 2.24) is 9.80 Å². The van der Waals surface area contributed by atoms with Gasteiger partial charge < -0.3 is 14.5 Å². The maximum Gasteiger partial charge on any atom is 0.410 e. The second-order valence-corrected chi connectivity index (χ2v) is 5.89. The second kappa shape index (κ2) is 7.38. The van der Waals surface area contributed by atoms with Crippen LogP contribution in [0, 0.1) is 0 Å². The summed E-state index contributed by atoms with van der Waals surface area (Å²) < 4.78 is 18.1. The number of amides is 1. The van der Waals surface area contributed by atoms with Crippen LogP contribution in [-0.4, -0.2) is 54.0 Å². The SMILES string of the molecule is C/C=C(\N=NC(C)F)N1CCN(C(=O)OC(C)(C)C)CC1. The van der Waals surface area contributed by atoms with E-state index in [4.69, 9.17) is 4.74 Å². The molecule has 0 aromatic heterocycles. The number of alkyl halides is 1. The molecule has 1 heterocycles. The van der Waals surface area contributed by atoms with Crippen molar-refractivity contribution in [3.63, 3.8) is 0 Å². The molecule has 120 valence electrons. The molecule has 21 heavy (non-hydrogen) atoms. The number of piperazine rings is 1. The molecule has 0 aliphatic carbocycles. The first-order chi connectivity index (χ1) is 9.73. The van der Waals surface area contributed by atoms with Gasteiger partial charge in [0.25, 0.3) is 0 Å². The first kappa shape index (κ1) is 17.4. The van der Waals surface area contributed by atoms with E-state index in [2.05, 4.69) is 10.2 Å². The Bertz CT molecular complexity index is 408. The highest BCUT2D eigenvalue weighted by atomic mass is 19.1. The summed E-state index contributed by atoms with van der Waals surface area (Å²) >= 11 is 0. The van der Waals surface area contributed by atoms with Crippen molar-refractivity contribution in [3.8, 4) is 0 Å². The number of allylic oxidation sites excluding steroid dienone is 1. The van der Waals surface area contributed by atoms with Gasteiger partial charge in [0.1, 0.15) is 11.4 Å². The van der Waals surface area contributed by atoms with E-state index in [0.29, 0.717) is 32.0 Å². The number of rotatable bonds is 3. The van der Waals surface area contributed by atoms with Crippen LogP contribution in [0.25, 0.3) is 0 Å². The first-order valence-electron chi connectivity index (χ1n) is 7.17. The van der Waals surface area contributed by atoms with Crippen LogP contribution in [0.15, 0.2) is 22.1 Å². The highest BCUT2D eigenvalue weighted by molar-refractivity contribution is 5.68. The lowest BCUT2D eigenvalue weighted by atomic mass is 10.2. The lowest BCUT2D eigenvalue weighted by molar-refractivity contribution is 0.0167. The molecule has 0 radical (unpaired) electrons. The summed E-state index contributed by atoms with van der Waals surface area (Å²) in [5.41, 5.74) is -0.492. The maximum atomic E-state index is 12.7. The van der Waals surface area contributed by atoms with Crippen LogP contribution in [0.2, 0.25) is 0 Å². The molecule has 1 atom stereocenters. The van der Waals surface area contributed by atoms with Gasteiger partial charge in [0.15, 0.2) is 0 Å². The Balaban J connectivity index is 2.53. The van der Waals surface area contributed by atoms with Crippen molar-refractivity contribution in [2.24, 2.45) is 10.2 Å². The minimum atomic E-state index is -1.32. The Labute approximate surface area is 125 Å². The predicted molar refractivity (Wildman–Crippen MR) is 78.6 cm³/mol. The molecule has 1 aliphatic heterocycles. The molecule has 0 bridgehead atoms. The number of carbonyl (C=O) groups is 1. The van der Waals surface area contributed by atoms with Gasteiger partial charge in [-0.05, 0) is 40.7 Å². The molecule has 1 aliphatic rings. The van der Waals surface area contributed by atoms with Crippen LogP contribution >= 0.6 is 0 Å². The van der Waals surface area contributed by atoms with E-state index >= 15 is 0 Å². The molecule has 0 aromatic carbocycles. The van der Waals surface area contributed by atoms with E-state index in [1.807, 2.05) is 32.6 Å². The number of hydrogen-bond donors (Lipinski definition) is 0. The summed E-state index contributed by atoms with van der Waals surface area (Å²) in [5.74, 6) is 0.628. The van der Waals surface area contributed by atoms with Gasteiger partial charge in [-0.15, -0.1) is 10.2 Å². The Morgan fingerprint density at radius 3 is 2.19 bits per heavy atom. The quantitative estimate of drug-likeness (QED) is 0.594. The number of azo groups is 1. The zero-order valence-corrected chi connectivity index (χ0v) is 13.5. The zero-order valence-electron chi connectivity index (χ0n) is 13.5. The number of ether oxygens (including phenoxy) is 1. The summed E-state index contributed by atoms with van der Waals surface area (Å²) in [6.45, 7) is 11.0. The predicted octanol–water partition coefficient (Wildman–Crippen LogP) is 3.17. The van der Waals surface area contributed by atoms with Crippen LogP contribution in [0.3, 0.4) is 0 Å². The van der Waals surface area contributed by atoms with Crippen LogP contribution in [0.4, 0.5) is 9.18 Å². The third-order valence-electron chi connectivity index (χ3n) is 2.83. The smallest absolute Gasteiger partial charge is 0.410 e. The normalized spacial score (nSPS) is 19.0. The van der Waals surface area contributed by atoms with E-state index < -0.39 is 11.9 Å². The van der Waals surface area contributed by atoms with E-state index in [-0.39, 0.29) is 6.09 Å². The first-order valence-corrected chi connectivity index (χ1v) is 7.17. The maximum absolute atomic E-state index is 12.7. The van der Waals surface area contributed by atoms with Gasteiger partial charge in [0, 0.05) is 26.2 Å². The average molecular weight is 300 g/mol. The second-order valence-electron chi connectivity index (χ2n) is 5.89. The lowest BCUT2D eigenvalue weighted by Crippen LogP contribution is -2.49. The van der Waals surface area contributed by atoms with Gasteiger partial charge in [-0.2, -0.15) is 0 Å². The molecule has 1 unspecified atom stereocenters. The fourth-order valence-corrected chi connectivity index (χ4v) is 1.89. The van der Waals surface area contributed by atoms with Gasteiger partial charge in [0.05, 0.1) is 0 Å². The van der Waals surface area contributed by atoms with Gasteiger partial charge in [-0.25, -0.2) is 9.18 Å². The molecule has 0 aromatic rings. The fourth-order valence-electron chi connectivity index (χ4n) is 1.89. The van der Waals surface area contributed by atoms with Crippen LogP contribution in [0.5, 0.6) is 0 Å². The molecular weight excluding hydrogens is 275 g/mol. The Hall–Kier alpha value is -1.66. The van der Waals surface area contributed by atoms with Crippen molar-refractivity contribution >= 4 is 6.09 Å². The summed E-state index contributed by atoms with van der Waals surface area (Å²) in [7, 11) is 0. The van der Waals surface area contributed by atoms with Gasteiger partial charge in [0.2, 0.25) is 6.30 Å². The van der Waals surface area contributed by atoms with Crippen molar-refractivity contribution in [2.45, 2.75) is 46.5 Å². The van der Waals surface area contributed by atoms with Gasteiger partial charge in [-0.3, -0.25) is 0 Å². The highest BCUT2D eigenvalue weighted by Gasteiger charge is 2.26. The van der Waals surface area contributed by atoms with Gasteiger partial charge in [-0.1, -0.05) is 0 Å². The molecule has 6 nitrogen and oxygen atoms in total. The van der Waals surface area contributed by atoms with E-state index in [9.17, 15) is 9.18 Å². The lowest BCUT2D eigenvalue weighted by Gasteiger charge is -2.36. The van der Waals surface area contributed by atoms with Crippen LogP contribution < -0.4 is 0 Å². The van der Waals surface area contributed by atoms with Crippen molar-refractivity contribution in [1.29, 1.82) is 0 Å². The molecule has 0 saturated carbocycles. The molecule has 7 heteroatoms. The van der Waals surface area contributed by atoms with Crippen molar-refractivity contribution in [3.05, 3.63) is 11.9 Å². The molecule has 1 rings (SSSR count). The number of halogens is 1. The van der Waals surface area contributed by atoms with Crippen molar-refractivity contribution < 1.29 is 13.9 Å². The molecule has 1 saturated heterocycles. The highest BCUT2D eigenvalue weighted by Crippen LogP contribution is 2.15. The average Bonchev–Trinajstić information content (AvgIpc) is 2.37. The third-order valence-corrected chi connectivity index (χ3v) is 2.83. The summed E-state index contributed by atoms with van der Waals surface area (Å²) in [6.07, 6.45) is 0.167. The molecule has 1 amide bonds. The van der Waals surface area contributed by atoms with E-state index in [0.717, 1.165) is 0 Å². The minimum absolute atomic E-state index is 0.303. The number of nitrogens with zero attached hydrogens (tertiary/aromatic N) is 4. The number of hydrogen-bond acceptors (Lipinski definition) is 5. The van der Waals surface area contributed by atoms with E-state index in [1.54, 1.807) is 11.0 Å². The third kappa shape index (κ3) is 6.10. The standard InChI is InChI=1S/C14H25FN4O2/c1-6-12(17-16-11(2)15)18-7-9-19(10-8-18)13(20)21-14(3,4)5/h6,11H,7-10H2,1-5H3/b12-6+,17-16?.